The van der Waals surface area contributed by atoms with Crippen LogP contribution >= 0.6 is 47.0 Å². The van der Waals surface area contributed by atoms with E-state index in [4.69, 9.17) is 47.0 Å². The normalized spacial score (nSPS) is 15.2. The van der Waals surface area contributed by atoms with Crippen LogP contribution in [-0.4, -0.2) is 41.1 Å². The first-order valence-corrected chi connectivity index (χ1v) is 9.52. The highest BCUT2D eigenvalue weighted by Gasteiger charge is 2.19. The maximum absolute atomic E-state index is 6.06. The van der Waals surface area contributed by atoms with Crippen LogP contribution in [-0.2, 0) is 6.54 Å². The zero-order valence-electron chi connectivity index (χ0n) is 13.5. The van der Waals surface area contributed by atoms with Crippen LogP contribution in [0.2, 0.25) is 15.1 Å². The molecule has 0 amide bonds. The minimum Gasteiger partial charge on any atom is -0.346 e. The van der Waals surface area contributed by atoms with Gasteiger partial charge in [-0.1, -0.05) is 46.9 Å². The molecule has 3 nitrogen and oxygen atoms in total. The average molecular weight is 415 g/mol. The van der Waals surface area contributed by atoms with Crippen LogP contribution in [0.5, 0.6) is 0 Å². The fraction of sp³-hybridized carbons (Fsp3) is 0.278. The summed E-state index contributed by atoms with van der Waals surface area (Å²) in [5.74, 6) is 0. The Labute approximate surface area is 168 Å². The van der Waals surface area contributed by atoms with Crippen LogP contribution in [0.1, 0.15) is 5.56 Å². The summed E-state index contributed by atoms with van der Waals surface area (Å²) in [6, 6.07) is 13.3. The van der Waals surface area contributed by atoms with Gasteiger partial charge < -0.3 is 10.2 Å². The molecule has 2 aromatic rings. The highest BCUT2D eigenvalue weighted by molar-refractivity contribution is 7.80. The lowest BCUT2D eigenvalue weighted by Crippen LogP contribution is -2.49. The van der Waals surface area contributed by atoms with Crippen molar-refractivity contribution in [2.45, 2.75) is 6.54 Å². The van der Waals surface area contributed by atoms with E-state index in [0.717, 1.165) is 43.4 Å². The number of thiocarbonyl (C=S) groups is 1. The third-order valence-electron chi connectivity index (χ3n) is 4.07. The van der Waals surface area contributed by atoms with Crippen LogP contribution in [0.3, 0.4) is 0 Å². The Morgan fingerprint density at radius 3 is 2.24 bits per heavy atom. The first-order valence-electron chi connectivity index (χ1n) is 7.98. The van der Waals surface area contributed by atoms with Crippen molar-refractivity contribution in [1.82, 2.24) is 9.80 Å². The lowest BCUT2D eigenvalue weighted by Gasteiger charge is -2.36. The summed E-state index contributed by atoms with van der Waals surface area (Å²) < 4.78 is 0. The summed E-state index contributed by atoms with van der Waals surface area (Å²) in [6.07, 6.45) is 0. The van der Waals surface area contributed by atoms with Crippen LogP contribution in [0.4, 0.5) is 5.69 Å². The largest absolute Gasteiger partial charge is 0.346 e. The summed E-state index contributed by atoms with van der Waals surface area (Å²) >= 11 is 23.6. The summed E-state index contributed by atoms with van der Waals surface area (Å²) in [5, 5.41) is 5.87. The van der Waals surface area contributed by atoms with Gasteiger partial charge in [-0.25, -0.2) is 0 Å². The lowest BCUT2D eigenvalue weighted by atomic mass is 10.2. The molecule has 1 aliphatic heterocycles. The molecule has 1 aliphatic rings. The second-order valence-corrected chi connectivity index (χ2v) is 7.68. The molecule has 0 saturated carbocycles. The molecule has 0 spiro atoms. The molecule has 0 radical (unpaired) electrons. The Bertz CT molecular complexity index is 741. The Kier molecular flexibility index (Phi) is 6.42. The molecule has 0 bridgehead atoms. The maximum Gasteiger partial charge on any atom is 0.173 e. The Morgan fingerprint density at radius 1 is 0.920 bits per heavy atom. The predicted octanol–water partition coefficient (Wildman–Crippen LogP) is 5.16. The molecule has 1 fully saturated rings. The molecule has 132 valence electrons. The van der Waals surface area contributed by atoms with Crippen molar-refractivity contribution in [2.24, 2.45) is 0 Å². The first-order chi connectivity index (χ1) is 12.0. The number of rotatable bonds is 3. The number of hydrogen-bond acceptors (Lipinski definition) is 2. The number of nitrogens with zero attached hydrogens (tertiary/aromatic N) is 2. The zero-order valence-corrected chi connectivity index (χ0v) is 16.6. The van der Waals surface area contributed by atoms with Gasteiger partial charge in [0.15, 0.2) is 5.11 Å². The molecule has 7 heteroatoms. The van der Waals surface area contributed by atoms with E-state index >= 15 is 0 Å². The number of benzene rings is 2. The Morgan fingerprint density at radius 2 is 1.60 bits per heavy atom. The monoisotopic (exact) mass is 413 g/mol. The highest BCUT2D eigenvalue weighted by atomic mass is 35.5. The summed E-state index contributed by atoms with van der Waals surface area (Å²) in [5.41, 5.74) is 2.04. The van der Waals surface area contributed by atoms with E-state index < -0.39 is 0 Å². The number of anilines is 1. The molecular weight excluding hydrogens is 397 g/mol. The van der Waals surface area contributed by atoms with Crippen molar-refractivity contribution >= 4 is 57.8 Å². The van der Waals surface area contributed by atoms with Gasteiger partial charge in [0.1, 0.15) is 0 Å². The molecule has 1 N–H and O–H groups in total. The summed E-state index contributed by atoms with van der Waals surface area (Å²) in [6.45, 7) is 4.55. The second-order valence-electron chi connectivity index (χ2n) is 5.98. The van der Waals surface area contributed by atoms with Crippen molar-refractivity contribution in [1.29, 1.82) is 0 Å². The Hall–Kier alpha value is -1.04. The third kappa shape index (κ3) is 5.47. The van der Waals surface area contributed by atoms with Crippen LogP contribution in [0.15, 0.2) is 42.5 Å². The van der Waals surface area contributed by atoms with E-state index in [0.29, 0.717) is 15.2 Å². The van der Waals surface area contributed by atoms with Crippen LogP contribution < -0.4 is 5.32 Å². The fourth-order valence-corrected chi connectivity index (χ4v) is 3.87. The van der Waals surface area contributed by atoms with Crippen LogP contribution in [0.25, 0.3) is 0 Å². The first kappa shape index (κ1) is 18.7. The molecule has 2 aromatic carbocycles. The van der Waals surface area contributed by atoms with E-state index in [1.54, 1.807) is 6.07 Å². The fourth-order valence-electron chi connectivity index (χ4n) is 2.83. The van der Waals surface area contributed by atoms with Crippen LogP contribution in [0, 0.1) is 0 Å². The minimum atomic E-state index is 0.587. The second kappa shape index (κ2) is 8.56. The maximum atomic E-state index is 6.06. The number of nitrogens with one attached hydrogen (secondary N) is 1. The zero-order chi connectivity index (χ0) is 17.8. The molecule has 3 rings (SSSR count). The van der Waals surface area contributed by atoms with Gasteiger partial charge in [0.25, 0.3) is 0 Å². The van der Waals surface area contributed by atoms with E-state index in [1.165, 1.54) is 5.56 Å². The quantitative estimate of drug-likeness (QED) is 0.699. The van der Waals surface area contributed by atoms with Crippen molar-refractivity contribution in [3.05, 3.63) is 63.1 Å². The van der Waals surface area contributed by atoms with Gasteiger partial charge in [0.05, 0.1) is 0 Å². The average Bonchev–Trinajstić information content (AvgIpc) is 2.54. The van der Waals surface area contributed by atoms with Gasteiger partial charge >= 0.3 is 0 Å². The molecule has 0 aliphatic carbocycles. The van der Waals surface area contributed by atoms with Gasteiger partial charge in [0, 0.05) is 53.5 Å². The molecule has 1 heterocycles. The molecule has 0 unspecified atom stereocenters. The van der Waals surface area contributed by atoms with Crippen molar-refractivity contribution in [2.75, 3.05) is 31.5 Å². The molecule has 0 aromatic heterocycles. The summed E-state index contributed by atoms with van der Waals surface area (Å²) in [4.78, 5) is 4.57. The molecule has 0 atom stereocenters. The number of halogens is 3. The number of hydrogen-bond donors (Lipinski definition) is 1. The Balaban J connectivity index is 1.52. The van der Waals surface area contributed by atoms with Crippen molar-refractivity contribution in [3.63, 3.8) is 0 Å². The highest BCUT2D eigenvalue weighted by Crippen LogP contribution is 2.23. The van der Waals surface area contributed by atoms with Gasteiger partial charge in [-0.3, -0.25) is 4.90 Å². The van der Waals surface area contributed by atoms with E-state index in [9.17, 15) is 0 Å². The van der Waals surface area contributed by atoms with Gasteiger partial charge in [-0.15, -0.1) is 0 Å². The molecule has 1 saturated heterocycles. The smallest absolute Gasteiger partial charge is 0.173 e. The SMILES string of the molecule is S=C(Nc1cc(Cl)cc(Cl)c1)N1CCN(Cc2cccc(Cl)c2)CC1. The number of piperazine rings is 1. The minimum absolute atomic E-state index is 0.587. The third-order valence-corrected chi connectivity index (χ3v) is 5.10. The molecule has 25 heavy (non-hydrogen) atoms. The van der Waals surface area contributed by atoms with E-state index in [1.807, 2.05) is 30.3 Å². The molecular formula is C18H18Cl3N3S. The summed E-state index contributed by atoms with van der Waals surface area (Å²) in [7, 11) is 0. The lowest BCUT2D eigenvalue weighted by molar-refractivity contribution is 0.177. The van der Waals surface area contributed by atoms with E-state index in [-0.39, 0.29) is 0 Å². The van der Waals surface area contributed by atoms with Gasteiger partial charge in [-0.05, 0) is 48.1 Å². The van der Waals surface area contributed by atoms with Crippen molar-refractivity contribution in [3.8, 4) is 0 Å². The van der Waals surface area contributed by atoms with Gasteiger partial charge in [-0.2, -0.15) is 0 Å². The standard InChI is InChI=1S/C18H18Cl3N3S/c19-14-3-1-2-13(8-14)12-23-4-6-24(7-5-23)18(25)22-17-10-15(20)9-16(21)11-17/h1-3,8-11H,4-7,12H2,(H,22,25). The topological polar surface area (TPSA) is 18.5 Å². The van der Waals surface area contributed by atoms with Crippen molar-refractivity contribution < 1.29 is 0 Å². The van der Waals surface area contributed by atoms with E-state index in [2.05, 4.69) is 21.2 Å². The van der Waals surface area contributed by atoms with Gasteiger partial charge in [0.2, 0.25) is 0 Å². The predicted molar refractivity (Wildman–Crippen MR) is 111 cm³/mol.